The van der Waals surface area contributed by atoms with Gasteiger partial charge in [-0.1, -0.05) is 65.2 Å². The number of hydrogen-bond acceptors (Lipinski definition) is 0. The normalized spacial score (nSPS) is 9.88. The molecule has 0 radical (unpaired) electrons. The SMILES string of the molecule is CCCCC#CCCCCCCCCCC. The van der Waals surface area contributed by atoms with E-state index in [1.807, 2.05) is 0 Å². The zero-order valence-electron chi connectivity index (χ0n) is 11.5. The number of unbranched alkanes of at least 4 members (excludes halogenated alkanes) is 10. The van der Waals surface area contributed by atoms with Crippen molar-refractivity contribution in [1.29, 1.82) is 0 Å². The predicted octanol–water partition coefficient (Wildman–Crippen LogP) is 5.71. The van der Waals surface area contributed by atoms with Gasteiger partial charge in [-0.25, -0.2) is 0 Å². The van der Waals surface area contributed by atoms with E-state index in [4.69, 9.17) is 0 Å². The summed E-state index contributed by atoms with van der Waals surface area (Å²) < 4.78 is 0. The lowest BCUT2D eigenvalue weighted by atomic mass is 10.1. The zero-order chi connectivity index (χ0) is 11.9. The van der Waals surface area contributed by atoms with Crippen LogP contribution in [0.5, 0.6) is 0 Å². The van der Waals surface area contributed by atoms with E-state index < -0.39 is 0 Å². The summed E-state index contributed by atoms with van der Waals surface area (Å²) in [7, 11) is 0. The van der Waals surface area contributed by atoms with Gasteiger partial charge in [-0.15, -0.1) is 11.8 Å². The summed E-state index contributed by atoms with van der Waals surface area (Å²) in [6, 6.07) is 0. The van der Waals surface area contributed by atoms with Crippen LogP contribution in [0.25, 0.3) is 0 Å². The maximum Gasteiger partial charge on any atom is 0.00886 e. The minimum absolute atomic E-state index is 1.10. The third-order valence-corrected chi connectivity index (χ3v) is 2.94. The van der Waals surface area contributed by atoms with Gasteiger partial charge in [0, 0.05) is 12.8 Å². The van der Waals surface area contributed by atoms with Crippen molar-refractivity contribution in [2.24, 2.45) is 0 Å². The van der Waals surface area contributed by atoms with Gasteiger partial charge in [0.15, 0.2) is 0 Å². The summed E-state index contributed by atoms with van der Waals surface area (Å²) in [5.74, 6) is 6.54. The molecule has 0 heteroatoms. The first-order valence-electron chi connectivity index (χ1n) is 7.37. The fraction of sp³-hybridized carbons (Fsp3) is 0.875. The standard InChI is InChI=1S/C16H30/c1-3-5-7-9-11-13-15-16-14-12-10-8-6-4-2/h3-9,11,13-16H2,1-2H3. The van der Waals surface area contributed by atoms with Crippen molar-refractivity contribution in [3.8, 4) is 11.8 Å². The highest BCUT2D eigenvalue weighted by molar-refractivity contribution is 4.98. The van der Waals surface area contributed by atoms with E-state index in [2.05, 4.69) is 25.7 Å². The Balaban J connectivity index is 2.99. The second-order valence-corrected chi connectivity index (χ2v) is 4.68. The van der Waals surface area contributed by atoms with Crippen LogP contribution in [0.3, 0.4) is 0 Å². The molecule has 0 aliphatic rings. The second-order valence-electron chi connectivity index (χ2n) is 4.68. The molecule has 0 spiro atoms. The van der Waals surface area contributed by atoms with Gasteiger partial charge in [0.1, 0.15) is 0 Å². The molecule has 0 aliphatic heterocycles. The van der Waals surface area contributed by atoms with Crippen molar-refractivity contribution in [3.05, 3.63) is 0 Å². The van der Waals surface area contributed by atoms with Crippen LogP contribution in [-0.4, -0.2) is 0 Å². The molecule has 0 amide bonds. The average Bonchev–Trinajstić information content (AvgIpc) is 2.31. The summed E-state index contributed by atoms with van der Waals surface area (Å²) in [5.41, 5.74) is 0. The summed E-state index contributed by atoms with van der Waals surface area (Å²) >= 11 is 0. The van der Waals surface area contributed by atoms with E-state index in [1.165, 1.54) is 64.2 Å². The van der Waals surface area contributed by atoms with Crippen LogP contribution in [0.4, 0.5) is 0 Å². The van der Waals surface area contributed by atoms with Crippen molar-refractivity contribution in [2.75, 3.05) is 0 Å². The molecule has 0 aliphatic carbocycles. The molecule has 0 aromatic carbocycles. The molecule has 0 bridgehead atoms. The molecule has 0 nitrogen and oxygen atoms in total. The molecular formula is C16H30. The Morgan fingerprint density at radius 3 is 1.50 bits per heavy atom. The van der Waals surface area contributed by atoms with Crippen LogP contribution in [0.1, 0.15) is 90.9 Å². The van der Waals surface area contributed by atoms with Crippen molar-refractivity contribution in [1.82, 2.24) is 0 Å². The summed E-state index contributed by atoms with van der Waals surface area (Å²) in [5, 5.41) is 0. The Bertz CT molecular complexity index is 170. The zero-order valence-corrected chi connectivity index (χ0v) is 11.5. The maximum atomic E-state index is 3.28. The monoisotopic (exact) mass is 222 g/mol. The van der Waals surface area contributed by atoms with Crippen molar-refractivity contribution in [3.63, 3.8) is 0 Å². The topological polar surface area (TPSA) is 0 Å². The van der Waals surface area contributed by atoms with Gasteiger partial charge >= 0.3 is 0 Å². The van der Waals surface area contributed by atoms with Gasteiger partial charge in [-0.3, -0.25) is 0 Å². The molecule has 0 fully saturated rings. The van der Waals surface area contributed by atoms with Crippen LogP contribution in [0.15, 0.2) is 0 Å². The molecule has 0 saturated carbocycles. The van der Waals surface area contributed by atoms with Crippen molar-refractivity contribution < 1.29 is 0 Å². The van der Waals surface area contributed by atoms with Crippen molar-refractivity contribution in [2.45, 2.75) is 90.9 Å². The Morgan fingerprint density at radius 2 is 0.938 bits per heavy atom. The lowest BCUT2D eigenvalue weighted by molar-refractivity contribution is 0.579. The second kappa shape index (κ2) is 14.6. The summed E-state index contributed by atoms with van der Waals surface area (Å²) in [6.07, 6.45) is 16.0. The Kier molecular flexibility index (Phi) is 14.2. The fourth-order valence-corrected chi connectivity index (χ4v) is 1.79. The molecule has 0 heterocycles. The van der Waals surface area contributed by atoms with E-state index in [0.29, 0.717) is 0 Å². The van der Waals surface area contributed by atoms with Crippen LogP contribution in [0.2, 0.25) is 0 Å². The molecule has 0 saturated heterocycles. The van der Waals surface area contributed by atoms with E-state index >= 15 is 0 Å². The van der Waals surface area contributed by atoms with E-state index in [-0.39, 0.29) is 0 Å². The Labute approximate surface area is 103 Å². The quantitative estimate of drug-likeness (QED) is 0.328. The summed E-state index contributed by atoms with van der Waals surface area (Å²) in [4.78, 5) is 0. The van der Waals surface area contributed by atoms with Crippen LogP contribution in [0, 0.1) is 11.8 Å². The molecule has 0 aromatic heterocycles. The van der Waals surface area contributed by atoms with Gasteiger partial charge in [-0.2, -0.15) is 0 Å². The van der Waals surface area contributed by atoms with Gasteiger partial charge in [0.25, 0.3) is 0 Å². The Morgan fingerprint density at radius 1 is 0.500 bits per heavy atom. The van der Waals surface area contributed by atoms with Crippen LogP contribution in [-0.2, 0) is 0 Å². The first-order valence-corrected chi connectivity index (χ1v) is 7.37. The van der Waals surface area contributed by atoms with Crippen molar-refractivity contribution >= 4 is 0 Å². The maximum absolute atomic E-state index is 3.28. The molecule has 0 rings (SSSR count). The van der Waals surface area contributed by atoms with E-state index in [9.17, 15) is 0 Å². The van der Waals surface area contributed by atoms with Gasteiger partial charge in [0.05, 0.1) is 0 Å². The first-order chi connectivity index (χ1) is 7.91. The third-order valence-electron chi connectivity index (χ3n) is 2.94. The molecule has 0 N–H and O–H groups in total. The molecule has 94 valence electrons. The molecule has 0 aromatic rings. The fourth-order valence-electron chi connectivity index (χ4n) is 1.79. The van der Waals surface area contributed by atoms with Gasteiger partial charge < -0.3 is 0 Å². The van der Waals surface area contributed by atoms with Gasteiger partial charge in [-0.05, 0) is 12.8 Å². The van der Waals surface area contributed by atoms with E-state index in [1.54, 1.807) is 0 Å². The highest BCUT2D eigenvalue weighted by Crippen LogP contribution is 2.09. The lowest BCUT2D eigenvalue weighted by Crippen LogP contribution is -1.80. The largest absolute Gasteiger partial charge is 0.103 e. The Hall–Kier alpha value is -0.440. The average molecular weight is 222 g/mol. The van der Waals surface area contributed by atoms with Crippen LogP contribution < -0.4 is 0 Å². The lowest BCUT2D eigenvalue weighted by Gasteiger charge is -1.99. The molecule has 0 unspecified atom stereocenters. The predicted molar refractivity (Wildman–Crippen MR) is 74.5 cm³/mol. The van der Waals surface area contributed by atoms with Gasteiger partial charge in [0.2, 0.25) is 0 Å². The van der Waals surface area contributed by atoms with Crippen LogP contribution >= 0.6 is 0 Å². The third kappa shape index (κ3) is 13.6. The highest BCUT2D eigenvalue weighted by Gasteiger charge is 1.90. The minimum Gasteiger partial charge on any atom is -0.103 e. The minimum atomic E-state index is 1.10. The molecular weight excluding hydrogens is 192 g/mol. The van der Waals surface area contributed by atoms with E-state index in [0.717, 1.165) is 12.8 Å². The smallest absolute Gasteiger partial charge is 0.00886 e. The number of hydrogen-bond donors (Lipinski definition) is 0. The molecule has 16 heavy (non-hydrogen) atoms. The highest BCUT2D eigenvalue weighted by atomic mass is 14.0. The molecule has 0 atom stereocenters. The first kappa shape index (κ1) is 15.6. The number of rotatable bonds is 10. The summed E-state index contributed by atoms with van der Waals surface area (Å²) in [6.45, 7) is 4.50.